The lowest BCUT2D eigenvalue weighted by Gasteiger charge is -2.33. The fraction of sp³-hybridized carbons (Fsp3) is 0.556. The molecule has 7 atom stereocenters. The number of hydrogen-bond acceptors (Lipinski definition) is 17. The van der Waals surface area contributed by atoms with Crippen LogP contribution in [0, 0.1) is 0 Å². The number of fused-ring (bicyclic) bond motifs is 1. The average molecular weight is 521 g/mol. The normalized spacial score (nSPS) is 29.4. The summed E-state index contributed by atoms with van der Waals surface area (Å²) in [6, 6.07) is 0. The van der Waals surface area contributed by atoms with Crippen LogP contribution in [0.15, 0.2) is 4.79 Å². The number of aromatic nitrogens is 5. The van der Waals surface area contributed by atoms with Gasteiger partial charge in [-0.2, -0.15) is 9.67 Å². The molecule has 0 amide bonds. The monoisotopic (exact) mass is 521 g/mol. The summed E-state index contributed by atoms with van der Waals surface area (Å²) in [5.41, 5.74) is 4.10. The Bertz CT molecular complexity index is 1210. The molecule has 1 aliphatic rings. The number of hydrogen-bond donors (Lipinski definition) is 5. The van der Waals surface area contributed by atoms with Crippen molar-refractivity contribution in [2.45, 2.75) is 24.5 Å². The van der Waals surface area contributed by atoms with Gasteiger partial charge in [-0.1, -0.05) is 5.21 Å². The number of nitrogens with one attached hydrogen (secondary N) is 1. The minimum atomic E-state index is -6.12. The number of nitrogen functional groups attached to an aromatic ring is 1. The maximum atomic E-state index is 11.8. The van der Waals surface area contributed by atoms with Gasteiger partial charge >= 0.3 is 0 Å². The summed E-state index contributed by atoms with van der Waals surface area (Å²) in [5.74, 6) is -0.335. The Morgan fingerprint density at radius 1 is 1.16 bits per heavy atom. The summed E-state index contributed by atoms with van der Waals surface area (Å²) in [5, 5.41) is 27.4. The Morgan fingerprint density at radius 2 is 1.81 bits per heavy atom. The van der Waals surface area contributed by atoms with Gasteiger partial charge in [-0.3, -0.25) is 23.5 Å². The molecular formula is C9H12N6O14P3-3. The van der Waals surface area contributed by atoms with Crippen LogP contribution >= 0.6 is 23.5 Å². The SMILES string of the molecule is Nc1nc2c(nnn2[C@@H]2O[C@H](COP(=O)([O-])OP(=O)([O-])OP(=O)([O-])O)[C@@H](O)[C@H]2O)c(=O)[nH]1. The maximum absolute atomic E-state index is 11.8. The number of aromatic amines is 1. The van der Waals surface area contributed by atoms with Gasteiger partial charge in [-0.25, -0.2) is 8.62 Å². The molecule has 32 heavy (non-hydrogen) atoms. The van der Waals surface area contributed by atoms with E-state index in [4.69, 9.17) is 15.4 Å². The molecule has 23 heteroatoms. The van der Waals surface area contributed by atoms with Crippen molar-refractivity contribution < 1.29 is 61.4 Å². The van der Waals surface area contributed by atoms with E-state index in [0.29, 0.717) is 0 Å². The maximum Gasteiger partial charge on any atom is 0.282 e. The lowest BCUT2D eigenvalue weighted by atomic mass is 10.1. The topological polar surface area (TPSA) is 320 Å². The minimum Gasteiger partial charge on any atom is -0.756 e. The Labute approximate surface area is 175 Å². The van der Waals surface area contributed by atoms with E-state index in [2.05, 4.69) is 33.4 Å². The molecule has 0 radical (unpaired) electrons. The zero-order chi connectivity index (χ0) is 24.1. The third-order valence-corrected chi connectivity index (χ3v) is 7.42. The highest BCUT2D eigenvalue weighted by atomic mass is 31.3. The van der Waals surface area contributed by atoms with E-state index in [1.807, 2.05) is 0 Å². The molecule has 0 aliphatic carbocycles. The third kappa shape index (κ3) is 5.64. The molecule has 1 saturated heterocycles. The van der Waals surface area contributed by atoms with Crippen LogP contribution in [0.25, 0.3) is 11.2 Å². The van der Waals surface area contributed by atoms with Crippen LogP contribution in [0.5, 0.6) is 0 Å². The second-order valence-electron chi connectivity index (χ2n) is 6.03. The molecule has 0 spiro atoms. The number of aliphatic hydroxyl groups is 2. The van der Waals surface area contributed by atoms with Crippen molar-refractivity contribution in [3.8, 4) is 0 Å². The first-order valence-corrected chi connectivity index (χ1v) is 12.4. The average Bonchev–Trinajstić information content (AvgIpc) is 3.12. The first-order valence-electron chi connectivity index (χ1n) is 7.94. The Balaban J connectivity index is 1.72. The van der Waals surface area contributed by atoms with Gasteiger partial charge in [0.15, 0.2) is 17.4 Å². The third-order valence-electron chi connectivity index (χ3n) is 3.73. The molecule has 3 rings (SSSR count). The molecule has 3 heterocycles. The first kappa shape index (κ1) is 25.0. The molecule has 2 aromatic heterocycles. The van der Waals surface area contributed by atoms with Gasteiger partial charge in [0.2, 0.25) is 5.95 Å². The van der Waals surface area contributed by atoms with E-state index < -0.39 is 60.2 Å². The molecule has 6 N–H and O–H groups in total. The molecule has 1 fully saturated rings. The van der Waals surface area contributed by atoms with Crippen LogP contribution in [-0.2, 0) is 31.6 Å². The number of nitrogens with two attached hydrogens (primary N) is 1. The number of H-pyrrole nitrogens is 1. The van der Waals surface area contributed by atoms with E-state index in [9.17, 15) is 43.4 Å². The van der Waals surface area contributed by atoms with Crippen molar-refractivity contribution >= 4 is 40.6 Å². The summed E-state index contributed by atoms with van der Waals surface area (Å²) < 4.78 is 49.9. The minimum absolute atomic E-state index is 0.252. The Morgan fingerprint density at radius 3 is 2.44 bits per heavy atom. The molecule has 1 aliphatic heterocycles. The van der Waals surface area contributed by atoms with E-state index in [-0.39, 0.29) is 17.1 Å². The van der Waals surface area contributed by atoms with Gasteiger partial charge in [0.05, 0.1) is 6.61 Å². The molecule has 180 valence electrons. The summed E-state index contributed by atoms with van der Waals surface area (Å²) in [4.78, 5) is 59.2. The predicted molar refractivity (Wildman–Crippen MR) is 89.4 cm³/mol. The smallest absolute Gasteiger partial charge is 0.282 e. The van der Waals surface area contributed by atoms with Crippen LogP contribution in [-0.4, -0.2) is 65.0 Å². The van der Waals surface area contributed by atoms with Gasteiger partial charge < -0.3 is 44.8 Å². The highest BCUT2D eigenvalue weighted by Gasteiger charge is 2.45. The van der Waals surface area contributed by atoms with Crippen molar-refractivity contribution in [3.05, 3.63) is 10.4 Å². The van der Waals surface area contributed by atoms with E-state index in [1.165, 1.54) is 0 Å². The van der Waals surface area contributed by atoms with Gasteiger partial charge in [0.1, 0.15) is 18.3 Å². The lowest BCUT2D eigenvalue weighted by molar-refractivity contribution is -0.250. The van der Waals surface area contributed by atoms with Gasteiger partial charge in [-0.15, -0.1) is 5.10 Å². The van der Waals surface area contributed by atoms with Crippen molar-refractivity contribution in [2.24, 2.45) is 0 Å². The van der Waals surface area contributed by atoms with Crippen LogP contribution in [0.3, 0.4) is 0 Å². The summed E-state index contributed by atoms with van der Waals surface area (Å²) in [6.45, 7) is -1.15. The molecular weight excluding hydrogens is 509 g/mol. The van der Waals surface area contributed by atoms with Crippen LogP contribution in [0.4, 0.5) is 5.95 Å². The number of anilines is 1. The number of ether oxygens (including phenoxy) is 1. The van der Waals surface area contributed by atoms with Gasteiger partial charge in [-0.05, 0) is 0 Å². The summed E-state index contributed by atoms with van der Waals surface area (Å²) in [7, 11) is -17.9. The molecule has 0 aromatic carbocycles. The zero-order valence-corrected chi connectivity index (χ0v) is 17.7. The highest BCUT2D eigenvalue weighted by molar-refractivity contribution is 7.65. The highest BCUT2D eigenvalue weighted by Crippen LogP contribution is 2.61. The Hall–Kier alpha value is -1.63. The fourth-order valence-corrected chi connectivity index (χ4v) is 5.45. The van der Waals surface area contributed by atoms with Gasteiger partial charge in [0, 0.05) is 0 Å². The van der Waals surface area contributed by atoms with Crippen LogP contribution in [0.1, 0.15) is 6.23 Å². The molecule has 2 aromatic rings. The molecule has 20 nitrogen and oxygen atoms in total. The zero-order valence-electron chi connectivity index (χ0n) is 15.1. The first-order chi connectivity index (χ1) is 14.6. The van der Waals surface area contributed by atoms with Crippen molar-refractivity contribution in [1.82, 2.24) is 25.0 Å². The van der Waals surface area contributed by atoms with Crippen molar-refractivity contribution in [2.75, 3.05) is 12.3 Å². The van der Waals surface area contributed by atoms with Crippen LogP contribution < -0.4 is 26.0 Å². The Kier molecular flexibility index (Phi) is 6.73. The summed E-state index contributed by atoms with van der Waals surface area (Å²) in [6.07, 6.45) is -6.85. The van der Waals surface area contributed by atoms with E-state index in [1.54, 1.807) is 0 Å². The molecule has 3 unspecified atom stereocenters. The fourth-order valence-electron chi connectivity index (χ4n) is 2.55. The predicted octanol–water partition coefficient (Wildman–Crippen LogP) is -4.84. The second kappa shape index (κ2) is 8.62. The number of aliphatic hydroxyl groups excluding tert-OH is 2. The largest absolute Gasteiger partial charge is 0.756 e. The van der Waals surface area contributed by atoms with Crippen molar-refractivity contribution in [1.29, 1.82) is 0 Å². The van der Waals surface area contributed by atoms with Crippen LogP contribution in [0.2, 0.25) is 0 Å². The lowest BCUT2D eigenvalue weighted by Crippen LogP contribution is -2.34. The summed E-state index contributed by atoms with van der Waals surface area (Å²) >= 11 is 0. The molecule has 0 bridgehead atoms. The second-order valence-corrected chi connectivity index (χ2v) is 10.3. The number of phosphoric ester groups is 1. The van der Waals surface area contributed by atoms with E-state index >= 15 is 0 Å². The molecule has 0 saturated carbocycles. The van der Waals surface area contributed by atoms with Gasteiger partial charge in [0.25, 0.3) is 29.0 Å². The van der Waals surface area contributed by atoms with E-state index in [0.717, 1.165) is 4.68 Å². The number of nitrogens with zero attached hydrogens (tertiary/aromatic N) is 4. The number of rotatable bonds is 8. The number of phosphoric acid groups is 3. The van der Waals surface area contributed by atoms with Crippen molar-refractivity contribution in [3.63, 3.8) is 0 Å². The quantitative estimate of drug-likeness (QED) is 0.203. The standard InChI is InChI=1S/C9H15N6O14P3/c10-9-11-6-3(7(18)12-9)13-14-15(6)8-5(17)4(16)2(27-8)1-26-31(22,23)29-32(24,25)28-30(19,20)21/h2,4-5,8,16-17H,1H2,(H,22,23)(H,24,25)(H2,19,20,21)(H3,10,11,12,18)/p-3/t2-,4-,5-,8-/m1/s1.